The van der Waals surface area contributed by atoms with Crippen LogP contribution in [0.3, 0.4) is 0 Å². The van der Waals surface area contributed by atoms with E-state index in [1.54, 1.807) is 23.9 Å². The van der Waals surface area contributed by atoms with Gasteiger partial charge in [0.1, 0.15) is 11.5 Å². The first-order valence-electron chi connectivity index (χ1n) is 12.7. The van der Waals surface area contributed by atoms with E-state index in [1.807, 2.05) is 6.92 Å². The van der Waals surface area contributed by atoms with Crippen LogP contribution in [0.4, 0.5) is 33.3 Å². The highest BCUT2D eigenvalue weighted by atomic mass is 19.4. The average molecular weight is 554 g/mol. The number of benzene rings is 1. The van der Waals surface area contributed by atoms with Crippen LogP contribution in [0.1, 0.15) is 42.7 Å². The lowest BCUT2D eigenvalue weighted by molar-refractivity contribution is -0.137. The molecule has 0 aliphatic carbocycles. The van der Waals surface area contributed by atoms with Crippen LogP contribution in [-0.4, -0.2) is 40.5 Å². The summed E-state index contributed by atoms with van der Waals surface area (Å²) in [6.07, 6.45) is -3.02. The molecule has 0 bridgehead atoms. The summed E-state index contributed by atoms with van der Waals surface area (Å²) in [7, 11) is 0. The maximum absolute atomic E-state index is 16.3. The number of nitrogens with two attached hydrogens (primary N) is 1. The monoisotopic (exact) mass is 553 g/mol. The Morgan fingerprint density at radius 3 is 2.62 bits per heavy atom. The fourth-order valence-corrected chi connectivity index (χ4v) is 4.49. The van der Waals surface area contributed by atoms with Gasteiger partial charge in [-0.15, -0.1) is 0 Å². The molecule has 212 valence electrons. The van der Waals surface area contributed by atoms with E-state index in [9.17, 15) is 17.6 Å². The fourth-order valence-electron chi connectivity index (χ4n) is 4.49. The zero-order valence-corrected chi connectivity index (χ0v) is 22.0. The average Bonchev–Trinajstić information content (AvgIpc) is 3.33. The molecular weight excluding hydrogens is 521 g/mol. The maximum atomic E-state index is 16.3. The predicted octanol–water partition coefficient (Wildman–Crippen LogP) is 4.61. The number of ether oxygens (including phenoxy) is 1. The van der Waals surface area contributed by atoms with Crippen molar-refractivity contribution in [2.45, 2.75) is 59.1 Å². The summed E-state index contributed by atoms with van der Waals surface area (Å²) in [5.41, 5.74) is 2.60. The summed E-state index contributed by atoms with van der Waals surface area (Å²) in [5.74, 6) is -2.28. The van der Waals surface area contributed by atoms with Crippen LogP contribution < -0.4 is 26.4 Å². The topological polar surface area (TPSA) is 102 Å². The predicted molar refractivity (Wildman–Crippen MR) is 138 cm³/mol. The van der Waals surface area contributed by atoms with E-state index in [0.717, 1.165) is 13.0 Å². The van der Waals surface area contributed by atoms with Gasteiger partial charge >= 0.3 is 6.18 Å². The molecule has 8 nitrogen and oxygen atoms in total. The van der Waals surface area contributed by atoms with E-state index < -0.39 is 45.9 Å². The molecule has 1 atom stereocenters. The highest BCUT2D eigenvalue weighted by Crippen LogP contribution is 2.44. The molecule has 3 heterocycles. The summed E-state index contributed by atoms with van der Waals surface area (Å²) in [5, 5.41) is 13.8. The summed E-state index contributed by atoms with van der Waals surface area (Å²) < 4.78 is 81.1. The van der Waals surface area contributed by atoms with E-state index >= 15 is 4.39 Å². The molecule has 0 saturated heterocycles. The number of aromatic nitrogens is 3. The van der Waals surface area contributed by atoms with Crippen LogP contribution >= 0.6 is 0 Å². The van der Waals surface area contributed by atoms with Crippen LogP contribution in [0.15, 0.2) is 18.3 Å². The smallest absolute Gasteiger partial charge is 0.417 e. The standard InChI is InChI=1S/C26H32F5N7O/c1-4-38-10-6-16(37-38)12-35-23-18-13-34-9-8-33-7-5-14(2)39-25(18)36-24(22(23)28)17-11-19(32)21(27)15(3)20(17)26(29,30)31/h6,10-11,14,33-34H,4-5,7-9,12-13,32H2,1-3H3,(H,35,36). The van der Waals surface area contributed by atoms with Crippen LogP contribution in [0.25, 0.3) is 11.3 Å². The minimum absolute atomic E-state index is 0.0245. The molecule has 0 amide bonds. The molecule has 39 heavy (non-hydrogen) atoms. The van der Waals surface area contributed by atoms with Gasteiger partial charge in [0.15, 0.2) is 5.82 Å². The Balaban J connectivity index is 1.93. The zero-order chi connectivity index (χ0) is 28.3. The summed E-state index contributed by atoms with van der Waals surface area (Å²) >= 11 is 0. The highest BCUT2D eigenvalue weighted by Gasteiger charge is 2.39. The van der Waals surface area contributed by atoms with Crippen molar-refractivity contribution in [2.75, 3.05) is 30.7 Å². The molecule has 0 radical (unpaired) electrons. The zero-order valence-electron chi connectivity index (χ0n) is 22.0. The van der Waals surface area contributed by atoms with Crippen LogP contribution in [0.2, 0.25) is 0 Å². The van der Waals surface area contributed by atoms with Crippen LogP contribution in [0, 0.1) is 18.6 Å². The third kappa shape index (κ3) is 6.25. The SMILES string of the molecule is CCn1ccc(CNc2c(F)c(-c3cc(N)c(F)c(C)c3C(F)(F)F)nc3c2CNCCNCCC(C)O3)n1. The van der Waals surface area contributed by atoms with Crippen molar-refractivity contribution in [1.29, 1.82) is 0 Å². The first kappa shape index (κ1) is 28.6. The number of fused-ring (bicyclic) bond motifs is 1. The van der Waals surface area contributed by atoms with Gasteiger partial charge in [0, 0.05) is 37.9 Å². The fraction of sp³-hybridized carbons (Fsp3) is 0.462. The van der Waals surface area contributed by atoms with Gasteiger partial charge in [-0.25, -0.2) is 13.8 Å². The van der Waals surface area contributed by atoms with Gasteiger partial charge < -0.3 is 26.4 Å². The number of nitrogens with one attached hydrogen (secondary N) is 3. The molecule has 5 N–H and O–H groups in total. The molecule has 4 rings (SSSR count). The highest BCUT2D eigenvalue weighted by molar-refractivity contribution is 5.76. The third-order valence-corrected chi connectivity index (χ3v) is 6.55. The van der Waals surface area contributed by atoms with E-state index in [1.165, 1.54) is 0 Å². The van der Waals surface area contributed by atoms with Crippen molar-refractivity contribution >= 4 is 11.4 Å². The van der Waals surface area contributed by atoms with Crippen molar-refractivity contribution in [3.05, 3.63) is 52.3 Å². The number of alkyl halides is 3. The molecule has 1 aliphatic rings. The number of aryl methyl sites for hydroxylation is 1. The summed E-state index contributed by atoms with van der Waals surface area (Å²) in [4.78, 5) is 4.26. The van der Waals surface area contributed by atoms with Crippen LogP contribution in [-0.2, 0) is 25.8 Å². The van der Waals surface area contributed by atoms with E-state index in [0.29, 0.717) is 43.9 Å². The number of pyridine rings is 1. The molecule has 0 saturated carbocycles. The number of halogens is 5. The Bertz CT molecular complexity index is 1330. The second kappa shape index (κ2) is 11.7. The van der Waals surface area contributed by atoms with Crippen molar-refractivity contribution in [1.82, 2.24) is 25.4 Å². The summed E-state index contributed by atoms with van der Waals surface area (Å²) in [6, 6.07) is 2.53. The maximum Gasteiger partial charge on any atom is 0.417 e. The second-order valence-electron chi connectivity index (χ2n) is 9.42. The van der Waals surface area contributed by atoms with Crippen LogP contribution in [0.5, 0.6) is 5.88 Å². The van der Waals surface area contributed by atoms with Crippen molar-refractivity contribution < 1.29 is 26.7 Å². The second-order valence-corrected chi connectivity index (χ2v) is 9.42. The minimum Gasteiger partial charge on any atom is -0.474 e. The lowest BCUT2D eigenvalue weighted by atomic mass is 9.95. The number of rotatable bonds is 5. The first-order valence-corrected chi connectivity index (χ1v) is 12.7. The Kier molecular flexibility index (Phi) is 8.60. The number of hydrogen-bond acceptors (Lipinski definition) is 7. The molecule has 13 heteroatoms. The van der Waals surface area contributed by atoms with Gasteiger partial charge in [0.05, 0.1) is 40.8 Å². The molecule has 1 aliphatic heterocycles. The Morgan fingerprint density at radius 1 is 1.18 bits per heavy atom. The van der Waals surface area contributed by atoms with Gasteiger partial charge in [-0.2, -0.15) is 18.3 Å². The molecule has 1 unspecified atom stereocenters. The number of hydrogen-bond donors (Lipinski definition) is 4. The first-order chi connectivity index (χ1) is 18.5. The number of nitrogens with zero attached hydrogens (tertiary/aromatic N) is 3. The molecular formula is C26H32F5N7O. The third-order valence-electron chi connectivity index (χ3n) is 6.55. The molecule has 0 fully saturated rings. The molecule has 2 aromatic heterocycles. The Labute approximate surface area is 223 Å². The summed E-state index contributed by atoms with van der Waals surface area (Å²) in [6.45, 7) is 7.40. The van der Waals surface area contributed by atoms with Gasteiger partial charge in [0.25, 0.3) is 0 Å². The Hall–Kier alpha value is -3.45. The largest absolute Gasteiger partial charge is 0.474 e. The molecule has 0 spiro atoms. The van der Waals surface area contributed by atoms with Gasteiger partial charge in [-0.1, -0.05) is 0 Å². The lowest BCUT2D eigenvalue weighted by Crippen LogP contribution is -2.28. The van der Waals surface area contributed by atoms with E-state index in [-0.39, 0.29) is 30.8 Å². The normalized spacial score (nSPS) is 16.8. The minimum atomic E-state index is -5.00. The lowest BCUT2D eigenvalue weighted by Gasteiger charge is -2.23. The molecule has 1 aromatic carbocycles. The van der Waals surface area contributed by atoms with Gasteiger partial charge in [0.2, 0.25) is 5.88 Å². The van der Waals surface area contributed by atoms with Gasteiger partial charge in [-0.05, 0) is 51.4 Å². The van der Waals surface area contributed by atoms with Gasteiger partial charge in [-0.3, -0.25) is 4.68 Å². The van der Waals surface area contributed by atoms with Crippen molar-refractivity contribution in [3.63, 3.8) is 0 Å². The Morgan fingerprint density at radius 2 is 1.92 bits per heavy atom. The van der Waals surface area contributed by atoms with E-state index in [4.69, 9.17) is 10.5 Å². The van der Waals surface area contributed by atoms with E-state index in [2.05, 4.69) is 26.0 Å². The molecule has 3 aromatic rings. The van der Waals surface area contributed by atoms with Crippen molar-refractivity contribution in [2.24, 2.45) is 0 Å². The van der Waals surface area contributed by atoms with Crippen molar-refractivity contribution in [3.8, 4) is 17.1 Å². The number of nitrogen functional groups attached to an aromatic ring is 1. The number of anilines is 2. The quantitative estimate of drug-likeness (QED) is 0.270.